The van der Waals surface area contributed by atoms with Crippen molar-refractivity contribution in [1.82, 2.24) is 0 Å². The molecular formula is C20H31O5P. The molecule has 0 unspecified atom stereocenters. The summed E-state index contributed by atoms with van der Waals surface area (Å²) in [7, 11) is -0.915. The van der Waals surface area contributed by atoms with E-state index >= 15 is 0 Å². The first-order valence-corrected chi connectivity index (χ1v) is 10.3. The molecule has 1 aromatic carbocycles. The minimum atomic E-state index is -3.41. The van der Waals surface area contributed by atoms with E-state index in [4.69, 9.17) is 9.05 Å². The fourth-order valence-corrected chi connectivity index (χ4v) is 3.31. The molecule has 146 valence electrons. The van der Waals surface area contributed by atoms with E-state index in [0.717, 1.165) is 11.1 Å². The Morgan fingerprint density at radius 2 is 1.62 bits per heavy atom. The average Bonchev–Trinajstić information content (AvgIpc) is 2.51. The van der Waals surface area contributed by atoms with Crippen molar-refractivity contribution in [3.63, 3.8) is 0 Å². The third kappa shape index (κ3) is 5.80. The van der Waals surface area contributed by atoms with Crippen molar-refractivity contribution in [3.05, 3.63) is 34.9 Å². The van der Waals surface area contributed by atoms with E-state index in [1.165, 1.54) is 20.3 Å². The summed E-state index contributed by atoms with van der Waals surface area (Å²) in [6.07, 6.45) is 2.51. The predicted molar refractivity (Wildman–Crippen MR) is 106 cm³/mol. The summed E-state index contributed by atoms with van der Waals surface area (Å²) in [5, 5.41) is 10.7. The summed E-state index contributed by atoms with van der Waals surface area (Å²) >= 11 is 0. The Balaban J connectivity index is 3.31. The second-order valence-corrected chi connectivity index (χ2v) is 10.7. The average molecular weight is 382 g/mol. The lowest BCUT2D eigenvalue weighted by Crippen LogP contribution is -2.17. The van der Waals surface area contributed by atoms with Crippen LogP contribution in [-0.4, -0.2) is 31.3 Å². The summed E-state index contributed by atoms with van der Waals surface area (Å²) in [6, 6.07) is 3.89. The lowest BCUT2D eigenvalue weighted by molar-refractivity contribution is -0.112. The van der Waals surface area contributed by atoms with Gasteiger partial charge in [0.15, 0.2) is 5.78 Å². The number of benzene rings is 1. The highest BCUT2D eigenvalue weighted by Crippen LogP contribution is 2.46. The third-order valence-electron chi connectivity index (χ3n) is 4.17. The maximum absolute atomic E-state index is 12.1. The fraction of sp³-hybridized carbons (Fsp3) is 0.550. The topological polar surface area (TPSA) is 72.8 Å². The van der Waals surface area contributed by atoms with Crippen LogP contribution in [-0.2, 0) is 29.2 Å². The van der Waals surface area contributed by atoms with Crippen LogP contribution < -0.4 is 0 Å². The van der Waals surface area contributed by atoms with Crippen molar-refractivity contribution >= 4 is 19.5 Å². The van der Waals surface area contributed by atoms with Gasteiger partial charge in [-0.15, -0.1) is 0 Å². The smallest absolute Gasteiger partial charge is 0.337 e. The minimum Gasteiger partial charge on any atom is -0.507 e. The number of carbonyl (C=O) groups excluding carboxylic acids is 1. The fourth-order valence-electron chi connectivity index (χ4n) is 2.42. The lowest BCUT2D eigenvalue weighted by atomic mass is 9.79. The molecule has 5 nitrogen and oxygen atoms in total. The second kappa shape index (κ2) is 8.08. The number of hydrogen-bond donors (Lipinski definition) is 1. The molecule has 0 radical (unpaired) electrons. The molecule has 0 amide bonds. The van der Waals surface area contributed by atoms with E-state index in [9.17, 15) is 14.5 Å². The standard InChI is InChI=1S/C20H31O5P/c1-19(2,3)15-11-14(18(22)17(12-15)20(4,5)6)9-10-16(21)13-26(23,24-7)25-8/h9-12,22H,13H2,1-8H3/b10-9+. The summed E-state index contributed by atoms with van der Waals surface area (Å²) in [4.78, 5) is 12.1. The summed E-state index contributed by atoms with van der Waals surface area (Å²) < 4.78 is 21.6. The second-order valence-electron chi connectivity index (χ2n) is 8.40. The normalized spacial score (nSPS) is 13.4. The Hall–Kier alpha value is -1.42. The number of carbonyl (C=O) groups is 1. The molecule has 1 N–H and O–H groups in total. The molecule has 0 atom stereocenters. The van der Waals surface area contributed by atoms with Gasteiger partial charge in [0.1, 0.15) is 11.9 Å². The quantitative estimate of drug-likeness (QED) is 0.550. The van der Waals surface area contributed by atoms with Gasteiger partial charge >= 0.3 is 7.60 Å². The van der Waals surface area contributed by atoms with Crippen LogP contribution in [0.3, 0.4) is 0 Å². The van der Waals surface area contributed by atoms with Gasteiger partial charge in [-0.2, -0.15) is 0 Å². The van der Waals surface area contributed by atoms with Gasteiger partial charge in [-0.05, 0) is 34.6 Å². The van der Waals surface area contributed by atoms with Crippen LogP contribution in [0.15, 0.2) is 18.2 Å². The number of phenols is 1. The van der Waals surface area contributed by atoms with Crippen LogP contribution in [0.5, 0.6) is 5.75 Å². The number of aromatic hydroxyl groups is 1. The number of rotatable bonds is 6. The Morgan fingerprint density at radius 1 is 1.08 bits per heavy atom. The minimum absolute atomic E-state index is 0.109. The van der Waals surface area contributed by atoms with Crippen molar-refractivity contribution < 1.29 is 23.5 Å². The molecule has 0 heterocycles. The Kier molecular flexibility index (Phi) is 7.03. The van der Waals surface area contributed by atoms with Crippen LogP contribution in [0.25, 0.3) is 6.08 Å². The molecule has 0 saturated heterocycles. The molecule has 0 saturated carbocycles. The predicted octanol–water partition coefficient (Wildman–Crippen LogP) is 5.06. The van der Waals surface area contributed by atoms with E-state index < -0.39 is 13.4 Å². The number of hydrogen-bond acceptors (Lipinski definition) is 5. The van der Waals surface area contributed by atoms with E-state index in [-0.39, 0.29) is 22.7 Å². The van der Waals surface area contributed by atoms with Crippen molar-refractivity contribution in [2.45, 2.75) is 52.4 Å². The summed E-state index contributed by atoms with van der Waals surface area (Å²) in [6.45, 7) is 12.4. The lowest BCUT2D eigenvalue weighted by Gasteiger charge is -2.27. The Bertz CT molecular complexity index is 728. The molecule has 0 bridgehead atoms. The van der Waals surface area contributed by atoms with Gasteiger partial charge in [-0.25, -0.2) is 0 Å². The van der Waals surface area contributed by atoms with E-state index in [1.54, 1.807) is 6.08 Å². The summed E-state index contributed by atoms with van der Waals surface area (Å²) in [5.41, 5.74) is 2.07. The zero-order chi connectivity index (χ0) is 20.3. The van der Waals surface area contributed by atoms with Gasteiger partial charge in [0.05, 0.1) is 0 Å². The highest BCUT2D eigenvalue weighted by molar-refractivity contribution is 7.54. The first-order chi connectivity index (χ1) is 11.7. The maximum Gasteiger partial charge on any atom is 0.337 e. The highest BCUT2D eigenvalue weighted by atomic mass is 31.2. The molecule has 0 aliphatic rings. The third-order valence-corrected chi connectivity index (χ3v) is 5.98. The highest BCUT2D eigenvalue weighted by Gasteiger charge is 2.26. The van der Waals surface area contributed by atoms with E-state index in [1.807, 2.05) is 32.9 Å². The van der Waals surface area contributed by atoms with Crippen molar-refractivity contribution in [3.8, 4) is 5.75 Å². The number of ketones is 1. The van der Waals surface area contributed by atoms with Crippen LogP contribution in [0.1, 0.15) is 58.2 Å². The first kappa shape index (κ1) is 22.6. The Morgan fingerprint density at radius 3 is 2.04 bits per heavy atom. The van der Waals surface area contributed by atoms with Crippen LogP contribution in [0.4, 0.5) is 0 Å². The van der Waals surface area contributed by atoms with Gasteiger partial charge in [0.2, 0.25) is 0 Å². The first-order valence-electron chi connectivity index (χ1n) is 8.53. The zero-order valence-electron chi connectivity index (χ0n) is 17.0. The zero-order valence-corrected chi connectivity index (χ0v) is 17.9. The molecule has 6 heteroatoms. The van der Waals surface area contributed by atoms with Crippen LogP contribution in [0.2, 0.25) is 0 Å². The van der Waals surface area contributed by atoms with Gasteiger partial charge < -0.3 is 14.2 Å². The van der Waals surface area contributed by atoms with Crippen molar-refractivity contribution in [1.29, 1.82) is 0 Å². The molecule has 0 spiro atoms. The van der Waals surface area contributed by atoms with Crippen LogP contribution in [0, 0.1) is 0 Å². The Labute approximate surface area is 156 Å². The van der Waals surface area contributed by atoms with E-state index in [0.29, 0.717) is 5.56 Å². The molecule has 0 aliphatic carbocycles. The van der Waals surface area contributed by atoms with Gasteiger partial charge in [0.25, 0.3) is 0 Å². The van der Waals surface area contributed by atoms with Crippen LogP contribution >= 0.6 is 7.60 Å². The number of phenolic OH excluding ortho intramolecular Hbond substituents is 1. The van der Waals surface area contributed by atoms with Crippen molar-refractivity contribution in [2.24, 2.45) is 0 Å². The van der Waals surface area contributed by atoms with Gasteiger partial charge in [-0.3, -0.25) is 9.36 Å². The molecule has 0 fully saturated rings. The number of allylic oxidation sites excluding steroid dienone is 1. The largest absolute Gasteiger partial charge is 0.507 e. The van der Waals surface area contributed by atoms with Gasteiger partial charge in [-0.1, -0.05) is 47.6 Å². The molecule has 1 rings (SSSR count). The molecule has 0 aromatic heterocycles. The van der Waals surface area contributed by atoms with Crippen molar-refractivity contribution in [2.75, 3.05) is 20.4 Å². The van der Waals surface area contributed by atoms with Gasteiger partial charge in [0, 0.05) is 25.3 Å². The molecular weight excluding hydrogens is 351 g/mol. The molecule has 1 aromatic rings. The monoisotopic (exact) mass is 382 g/mol. The molecule has 26 heavy (non-hydrogen) atoms. The maximum atomic E-state index is 12.1. The molecule has 0 aliphatic heterocycles. The SMILES string of the molecule is COP(=O)(CC(=O)/C=C/c1cc(C(C)(C)C)cc(C(C)(C)C)c1O)OC. The van der Waals surface area contributed by atoms with E-state index in [2.05, 4.69) is 20.8 Å². The summed E-state index contributed by atoms with van der Waals surface area (Å²) in [5.74, 6) is -0.244.